The van der Waals surface area contributed by atoms with Gasteiger partial charge in [-0.1, -0.05) is 13.8 Å². The van der Waals surface area contributed by atoms with Gasteiger partial charge < -0.3 is 15.7 Å². The molecule has 19 heavy (non-hydrogen) atoms. The van der Waals surface area contributed by atoms with Gasteiger partial charge in [-0.2, -0.15) is 5.10 Å². The van der Waals surface area contributed by atoms with E-state index >= 15 is 0 Å². The molecule has 1 aromatic rings. The number of hydrogen-bond donors (Lipinski definition) is 4. The lowest BCUT2D eigenvalue weighted by Crippen LogP contribution is -2.55. The number of anilines is 1. The van der Waals surface area contributed by atoms with Crippen molar-refractivity contribution in [3.8, 4) is 0 Å². The fraction of sp³-hybridized carbons (Fsp3) is 0.583. The summed E-state index contributed by atoms with van der Waals surface area (Å²) in [5.41, 5.74) is 0.711. The summed E-state index contributed by atoms with van der Waals surface area (Å²) in [5, 5.41) is 21.1. The number of carboxylic acid groups (broad SMARTS) is 1. The number of aliphatic carboxylic acids is 1. The number of aromatic nitrogens is 2. The van der Waals surface area contributed by atoms with Gasteiger partial charge in [-0.05, 0) is 26.7 Å². The van der Waals surface area contributed by atoms with Gasteiger partial charge in [0.05, 0.1) is 17.1 Å². The Hall–Kier alpha value is -2.05. The fourth-order valence-electron chi connectivity index (χ4n) is 1.88. The predicted octanol–water partition coefficient (Wildman–Crippen LogP) is 1.79. The first-order chi connectivity index (χ1) is 8.86. The first-order valence-corrected chi connectivity index (χ1v) is 6.20. The zero-order valence-electron chi connectivity index (χ0n) is 11.6. The van der Waals surface area contributed by atoms with Gasteiger partial charge >= 0.3 is 12.0 Å². The van der Waals surface area contributed by atoms with E-state index in [1.54, 1.807) is 27.7 Å². The summed E-state index contributed by atoms with van der Waals surface area (Å²) in [6.07, 6.45) is 0.630. The Morgan fingerprint density at radius 1 is 1.32 bits per heavy atom. The van der Waals surface area contributed by atoms with Crippen molar-refractivity contribution in [3.05, 3.63) is 11.4 Å². The van der Waals surface area contributed by atoms with Gasteiger partial charge in [0.25, 0.3) is 0 Å². The lowest BCUT2D eigenvalue weighted by molar-refractivity contribution is -0.144. The van der Waals surface area contributed by atoms with E-state index in [1.165, 1.54) is 0 Å². The number of H-pyrrole nitrogens is 1. The molecule has 1 heterocycles. The zero-order valence-corrected chi connectivity index (χ0v) is 11.6. The topological polar surface area (TPSA) is 107 Å². The average Bonchev–Trinajstić information content (AvgIpc) is 2.67. The maximum atomic E-state index is 11.9. The molecule has 2 amide bonds. The molecule has 0 aliphatic heterocycles. The monoisotopic (exact) mass is 268 g/mol. The molecule has 7 heteroatoms. The lowest BCUT2D eigenvalue weighted by Gasteiger charge is -2.28. The maximum absolute atomic E-state index is 11.9. The molecule has 0 unspecified atom stereocenters. The van der Waals surface area contributed by atoms with Crippen LogP contribution in [0.15, 0.2) is 0 Å². The molecule has 1 rings (SSSR count). The average molecular weight is 268 g/mol. The van der Waals surface area contributed by atoms with Gasteiger partial charge in [-0.25, -0.2) is 9.59 Å². The Morgan fingerprint density at radius 2 is 1.89 bits per heavy atom. The van der Waals surface area contributed by atoms with Gasteiger partial charge in [0, 0.05) is 0 Å². The number of aryl methyl sites for hydroxylation is 2. The molecule has 0 fully saturated rings. The van der Waals surface area contributed by atoms with E-state index in [4.69, 9.17) is 0 Å². The van der Waals surface area contributed by atoms with Crippen LogP contribution in [-0.4, -0.2) is 32.8 Å². The fourth-order valence-corrected chi connectivity index (χ4v) is 1.88. The van der Waals surface area contributed by atoms with E-state index < -0.39 is 17.5 Å². The van der Waals surface area contributed by atoms with Crippen molar-refractivity contribution in [1.82, 2.24) is 15.5 Å². The normalized spacial score (nSPS) is 11.2. The molecule has 106 valence electrons. The molecule has 1 aromatic heterocycles. The number of nitrogens with zero attached hydrogens (tertiary/aromatic N) is 1. The third-order valence-electron chi connectivity index (χ3n) is 3.34. The Bertz CT molecular complexity index is 458. The summed E-state index contributed by atoms with van der Waals surface area (Å²) >= 11 is 0. The van der Waals surface area contributed by atoms with Crippen molar-refractivity contribution in [1.29, 1.82) is 0 Å². The van der Waals surface area contributed by atoms with Gasteiger partial charge in [0.2, 0.25) is 0 Å². The third kappa shape index (κ3) is 3.04. The van der Waals surface area contributed by atoms with Crippen LogP contribution in [0.3, 0.4) is 0 Å². The van der Waals surface area contributed by atoms with Gasteiger partial charge in [-0.3, -0.25) is 5.10 Å². The van der Waals surface area contributed by atoms with E-state index in [2.05, 4.69) is 20.8 Å². The third-order valence-corrected chi connectivity index (χ3v) is 3.34. The summed E-state index contributed by atoms with van der Waals surface area (Å²) in [6, 6.07) is -0.543. The number of aromatic amines is 1. The highest BCUT2D eigenvalue weighted by Crippen LogP contribution is 2.18. The maximum Gasteiger partial charge on any atom is 0.329 e. The number of rotatable bonds is 5. The first kappa shape index (κ1) is 15.0. The predicted molar refractivity (Wildman–Crippen MR) is 71.2 cm³/mol. The summed E-state index contributed by atoms with van der Waals surface area (Å²) in [4.78, 5) is 23.2. The number of carboxylic acids is 1. The molecule has 4 N–H and O–H groups in total. The second kappa shape index (κ2) is 5.73. The molecular weight excluding hydrogens is 248 g/mol. The van der Waals surface area contributed by atoms with Crippen LogP contribution in [0.1, 0.15) is 38.1 Å². The number of urea groups is 1. The van der Waals surface area contributed by atoms with Crippen molar-refractivity contribution >= 4 is 17.7 Å². The summed E-state index contributed by atoms with van der Waals surface area (Å²) < 4.78 is 0. The van der Waals surface area contributed by atoms with Crippen LogP contribution in [0.5, 0.6) is 0 Å². The van der Waals surface area contributed by atoms with Crippen molar-refractivity contribution in [3.63, 3.8) is 0 Å². The lowest BCUT2D eigenvalue weighted by atomic mass is 9.93. The van der Waals surface area contributed by atoms with Crippen LogP contribution in [-0.2, 0) is 4.79 Å². The van der Waals surface area contributed by atoms with Crippen LogP contribution < -0.4 is 10.6 Å². The number of carbonyl (C=O) groups excluding carboxylic acids is 1. The molecule has 0 bridgehead atoms. The summed E-state index contributed by atoms with van der Waals surface area (Å²) in [5.74, 6) is -1.03. The zero-order chi connectivity index (χ0) is 14.6. The number of carbonyl (C=O) groups is 2. The minimum Gasteiger partial charge on any atom is -0.480 e. The van der Waals surface area contributed by atoms with Crippen molar-refractivity contribution in [2.24, 2.45) is 0 Å². The van der Waals surface area contributed by atoms with Crippen molar-refractivity contribution in [2.75, 3.05) is 5.32 Å². The van der Waals surface area contributed by atoms with Crippen LogP contribution >= 0.6 is 0 Å². The largest absolute Gasteiger partial charge is 0.480 e. The molecule has 0 saturated carbocycles. The highest BCUT2D eigenvalue weighted by Gasteiger charge is 2.36. The van der Waals surface area contributed by atoms with Crippen molar-refractivity contribution < 1.29 is 14.7 Å². The number of hydrogen-bond acceptors (Lipinski definition) is 3. The Morgan fingerprint density at radius 3 is 2.26 bits per heavy atom. The smallest absolute Gasteiger partial charge is 0.329 e. The highest BCUT2D eigenvalue weighted by molar-refractivity contribution is 5.94. The molecule has 0 spiro atoms. The molecule has 0 atom stereocenters. The molecule has 0 saturated heterocycles. The number of nitrogens with one attached hydrogen (secondary N) is 3. The van der Waals surface area contributed by atoms with Gasteiger partial charge in [-0.15, -0.1) is 0 Å². The van der Waals surface area contributed by atoms with Gasteiger partial charge in [0.1, 0.15) is 5.54 Å². The SMILES string of the molecule is CCC(CC)(NC(=O)Nc1c(C)n[nH]c1C)C(=O)O. The molecule has 0 aromatic carbocycles. The molecule has 0 aliphatic rings. The van der Waals surface area contributed by atoms with Crippen LogP contribution in [0.4, 0.5) is 10.5 Å². The highest BCUT2D eigenvalue weighted by atomic mass is 16.4. The Labute approximate surface area is 111 Å². The summed E-state index contributed by atoms with van der Waals surface area (Å²) in [7, 11) is 0. The Kier molecular flexibility index (Phi) is 4.52. The first-order valence-electron chi connectivity index (χ1n) is 6.20. The van der Waals surface area contributed by atoms with Crippen molar-refractivity contribution in [2.45, 2.75) is 46.1 Å². The van der Waals surface area contributed by atoms with Crippen LogP contribution in [0.25, 0.3) is 0 Å². The molecule has 0 radical (unpaired) electrons. The standard InChI is InChI=1S/C12H20N4O3/c1-5-12(6-2,10(17)18)14-11(19)13-9-7(3)15-16-8(9)4/h5-6H2,1-4H3,(H,15,16)(H,17,18)(H2,13,14,19). The second-order valence-corrected chi connectivity index (χ2v) is 4.48. The Balaban J connectivity index is 2.82. The van der Waals surface area contributed by atoms with E-state index in [0.29, 0.717) is 24.2 Å². The van der Waals surface area contributed by atoms with Crippen LogP contribution in [0.2, 0.25) is 0 Å². The minimum atomic E-state index is -1.24. The van der Waals surface area contributed by atoms with Gasteiger partial charge in [0.15, 0.2) is 0 Å². The van der Waals surface area contributed by atoms with Crippen LogP contribution in [0, 0.1) is 13.8 Å². The quantitative estimate of drug-likeness (QED) is 0.653. The van der Waals surface area contributed by atoms with E-state index in [0.717, 1.165) is 5.69 Å². The minimum absolute atomic E-state index is 0.315. The summed E-state index contributed by atoms with van der Waals surface area (Å²) in [6.45, 7) is 6.99. The van der Waals surface area contributed by atoms with E-state index in [-0.39, 0.29) is 0 Å². The molecule has 7 nitrogen and oxygen atoms in total. The van der Waals surface area contributed by atoms with E-state index in [9.17, 15) is 14.7 Å². The second-order valence-electron chi connectivity index (χ2n) is 4.48. The number of amides is 2. The van der Waals surface area contributed by atoms with E-state index in [1.807, 2.05) is 0 Å². The molecule has 0 aliphatic carbocycles. The molecular formula is C12H20N4O3.